The van der Waals surface area contributed by atoms with Gasteiger partial charge >= 0.3 is 5.69 Å². The van der Waals surface area contributed by atoms with Gasteiger partial charge in [-0.1, -0.05) is 29.8 Å². The lowest BCUT2D eigenvalue weighted by molar-refractivity contribution is -0.385. The number of anilines is 1. The first kappa shape index (κ1) is 15.8. The largest absolute Gasteiger partial charge is 0.477 e. The summed E-state index contributed by atoms with van der Waals surface area (Å²) in [6.07, 6.45) is 0. The molecule has 7 heteroatoms. The van der Waals surface area contributed by atoms with Crippen molar-refractivity contribution in [1.29, 1.82) is 0 Å². The maximum atomic E-state index is 11.8. The fraction of sp³-hybridized carbons (Fsp3) is 0.133. The van der Waals surface area contributed by atoms with Crippen molar-refractivity contribution in [3.63, 3.8) is 0 Å². The van der Waals surface area contributed by atoms with Crippen LogP contribution < -0.4 is 10.1 Å². The van der Waals surface area contributed by atoms with E-state index in [1.54, 1.807) is 37.3 Å². The molecule has 2 aromatic carbocycles. The van der Waals surface area contributed by atoms with Crippen LogP contribution in [-0.4, -0.2) is 17.4 Å². The highest BCUT2D eigenvalue weighted by molar-refractivity contribution is 6.33. The third-order valence-corrected chi connectivity index (χ3v) is 3.15. The fourth-order valence-electron chi connectivity index (χ4n) is 1.78. The number of halogens is 1. The minimum absolute atomic E-state index is 0.0462. The van der Waals surface area contributed by atoms with Crippen molar-refractivity contribution < 1.29 is 14.5 Å². The first-order chi connectivity index (χ1) is 10.5. The van der Waals surface area contributed by atoms with Crippen LogP contribution in [0, 0.1) is 17.0 Å². The Morgan fingerprint density at radius 1 is 1.32 bits per heavy atom. The molecule has 1 N–H and O–H groups in total. The molecule has 0 saturated heterocycles. The predicted molar refractivity (Wildman–Crippen MR) is 83.4 cm³/mol. The quantitative estimate of drug-likeness (QED) is 0.674. The number of nitrogens with one attached hydrogen (secondary N) is 1. The summed E-state index contributed by atoms with van der Waals surface area (Å²) in [5, 5.41) is 13.9. The molecule has 0 bridgehead atoms. The normalized spacial score (nSPS) is 10.1. The van der Waals surface area contributed by atoms with E-state index in [1.807, 2.05) is 0 Å². The topological polar surface area (TPSA) is 81.5 Å². The highest BCUT2D eigenvalue weighted by atomic mass is 35.5. The molecule has 0 radical (unpaired) electrons. The Kier molecular flexibility index (Phi) is 4.95. The molecule has 0 fully saturated rings. The second kappa shape index (κ2) is 6.91. The molecular weight excluding hydrogens is 308 g/mol. The van der Waals surface area contributed by atoms with Gasteiger partial charge in [0.2, 0.25) is 0 Å². The lowest BCUT2D eigenvalue weighted by atomic mass is 10.2. The van der Waals surface area contributed by atoms with Gasteiger partial charge in [0.15, 0.2) is 12.4 Å². The Morgan fingerprint density at radius 3 is 2.73 bits per heavy atom. The van der Waals surface area contributed by atoms with Crippen LogP contribution in [-0.2, 0) is 4.79 Å². The van der Waals surface area contributed by atoms with E-state index in [4.69, 9.17) is 16.3 Å². The van der Waals surface area contributed by atoms with Crippen LogP contribution in [0.5, 0.6) is 5.75 Å². The summed E-state index contributed by atoms with van der Waals surface area (Å²) in [4.78, 5) is 22.2. The number of nitro groups is 1. The average molecular weight is 321 g/mol. The van der Waals surface area contributed by atoms with E-state index < -0.39 is 10.8 Å². The molecule has 0 atom stereocenters. The van der Waals surface area contributed by atoms with Crippen LogP contribution >= 0.6 is 11.6 Å². The molecular formula is C15H13ClN2O4. The van der Waals surface area contributed by atoms with Gasteiger partial charge in [-0.3, -0.25) is 14.9 Å². The molecule has 2 rings (SSSR count). The molecule has 1 amide bonds. The van der Waals surface area contributed by atoms with Crippen LogP contribution in [0.25, 0.3) is 0 Å². The SMILES string of the molecule is Cc1ccc(OCC(=O)Nc2ccccc2Cl)c([N+](=O)[O-])c1. The number of benzene rings is 2. The Labute approximate surface area is 131 Å². The predicted octanol–water partition coefficient (Wildman–Crippen LogP) is 3.57. The van der Waals surface area contributed by atoms with Gasteiger partial charge in [0.05, 0.1) is 15.6 Å². The molecule has 22 heavy (non-hydrogen) atoms. The smallest absolute Gasteiger partial charge is 0.311 e. The number of para-hydroxylation sites is 1. The summed E-state index contributed by atoms with van der Waals surface area (Å²) in [6.45, 7) is 1.38. The van der Waals surface area contributed by atoms with Crippen LogP contribution in [0.1, 0.15) is 5.56 Å². The first-order valence-corrected chi connectivity index (χ1v) is 6.77. The van der Waals surface area contributed by atoms with Gasteiger partial charge < -0.3 is 10.1 Å². The Bertz CT molecular complexity index is 718. The van der Waals surface area contributed by atoms with Crippen molar-refractivity contribution in [2.24, 2.45) is 0 Å². The average Bonchev–Trinajstić information content (AvgIpc) is 2.48. The second-order valence-electron chi connectivity index (χ2n) is 4.54. The number of aryl methyl sites for hydroxylation is 1. The van der Waals surface area contributed by atoms with Gasteiger partial charge in [-0.2, -0.15) is 0 Å². The molecule has 2 aromatic rings. The summed E-state index contributed by atoms with van der Waals surface area (Å²) in [6, 6.07) is 11.3. The van der Waals surface area contributed by atoms with Gasteiger partial charge in [-0.25, -0.2) is 0 Å². The highest BCUT2D eigenvalue weighted by Crippen LogP contribution is 2.27. The monoisotopic (exact) mass is 320 g/mol. The molecule has 114 valence electrons. The summed E-state index contributed by atoms with van der Waals surface area (Å²) in [5.41, 5.74) is 1.02. The first-order valence-electron chi connectivity index (χ1n) is 6.39. The lowest BCUT2D eigenvalue weighted by Gasteiger charge is -2.09. The third-order valence-electron chi connectivity index (χ3n) is 2.82. The van der Waals surface area contributed by atoms with Crippen LogP contribution in [0.15, 0.2) is 42.5 Å². The van der Waals surface area contributed by atoms with Gasteiger partial charge in [0.25, 0.3) is 5.91 Å². The van der Waals surface area contributed by atoms with Crippen LogP contribution in [0.2, 0.25) is 5.02 Å². The Balaban J connectivity index is 2.03. The van der Waals surface area contributed by atoms with E-state index in [2.05, 4.69) is 5.32 Å². The zero-order chi connectivity index (χ0) is 16.1. The fourth-order valence-corrected chi connectivity index (χ4v) is 1.97. The number of carbonyl (C=O) groups is 1. The van der Waals surface area contributed by atoms with Gasteiger partial charge in [-0.05, 0) is 30.7 Å². The second-order valence-corrected chi connectivity index (χ2v) is 4.95. The number of rotatable bonds is 5. The van der Waals surface area contributed by atoms with E-state index in [0.717, 1.165) is 5.56 Å². The third kappa shape index (κ3) is 3.95. The molecule has 6 nitrogen and oxygen atoms in total. The van der Waals surface area contributed by atoms with E-state index in [9.17, 15) is 14.9 Å². The molecule has 0 saturated carbocycles. The summed E-state index contributed by atoms with van der Waals surface area (Å²) in [5.74, 6) is -0.409. The van der Waals surface area contributed by atoms with E-state index in [-0.39, 0.29) is 18.0 Å². The molecule has 0 heterocycles. The molecule has 0 spiro atoms. The summed E-state index contributed by atoms with van der Waals surface area (Å²) < 4.78 is 5.23. The van der Waals surface area contributed by atoms with Gasteiger partial charge in [-0.15, -0.1) is 0 Å². The number of nitrogens with zero attached hydrogens (tertiary/aromatic N) is 1. The maximum absolute atomic E-state index is 11.8. The Morgan fingerprint density at radius 2 is 2.05 bits per heavy atom. The van der Waals surface area contributed by atoms with Gasteiger partial charge in [0, 0.05) is 6.07 Å². The van der Waals surface area contributed by atoms with Crippen LogP contribution in [0.4, 0.5) is 11.4 Å². The number of nitro benzene ring substituents is 1. The molecule has 0 aliphatic rings. The van der Waals surface area contributed by atoms with E-state index in [1.165, 1.54) is 12.1 Å². The standard InChI is InChI=1S/C15H13ClN2O4/c1-10-6-7-14(13(8-10)18(20)21)22-9-15(19)17-12-5-3-2-4-11(12)16/h2-8H,9H2,1H3,(H,17,19). The zero-order valence-electron chi connectivity index (χ0n) is 11.7. The van der Waals surface area contributed by atoms with Crippen molar-refractivity contribution in [3.8, 4) is 5.75 Å². The molecule has 0 aromatic heterocycles. The van der Waals surface area contributed by atoms with E-state index >= 15 is 0 Å². The molecule has 0 aliphatic carbocycles. The molecule has 0 unspecified atom stereocenters. The lowest BCUT2D eigenvalue weighted by Crippen LogP contribution is -2.20. The van der Waals surface area contributed by atoms with Crippen molar-refractivity contribution >= 4 is 28.9 Å². The maximum Gasteiger partial charge on any atom is 0.311 e. The number of carbonyl (C=O) groups excluding carboxylic acids is 1. The van der Waals surface area contributed by atoms with Crippen molar-refractivity contribution in [1.82, 2.24) is 0 Å². The van der Waals surface area contributed by atoms with Crippen molar-refractivity contribution in [2.45, 2.75) is 6.92 Å². The summed E-state index contributed by atoms with van der Waals surface area (Å²) in [7, 11) is 0. The summed E-state index contributed by atoms with van der Waals surface area (Å²) >= 11 is 5.92. The number of amides is 1. The number of ether oxygens (including phenoxy) is 1. The highest BCUT2D eigenvalue weighted by Gasteiger charge is 2.16. The van der Waals surface area contributed by atoms with E-state index in [0.29, 0.717) is 10.7 Å². The minimum atomic E-state index is -0.547. The number of hydrogen-bond acceptors (Lipinski definition) is 4. The van der Waals surface area contributed by atoms with Crippen molar-refractivity contribution in [2.75, 3.05) is 11.9 Å². The Hall–Kier alpha value is -2.60. The van der Waals surface area contributed by atoms with Crippen molar-refractivity contribution in [3.05, 3.63) is 63.2 Å². The zero-order valence-corrected chi connectivity index (χ0v) is 12.5. The van der Waals surface area contributed by atoms with Gasteiger partial charge in [0.1, 0.15) is 0 Å². The minimum Gasteiger partial charge on any atom is -0.477 e. The van der Waals surface area contributed by atoms with Crippen LogP contribution in [0.3, 0.4) is 0 Å². The number of hydrogen-bond donors (Lipinski definition) is 1. The molecule has 0 aliphatic heterocycles.